The van der Waals surface area contributed by atoms with Crippen LogP contribution < -0.4 is 0 Å². The maximum absolute atomic E-state index is 12.7. The van der Waals surface area contributed by atoms with Crippen molar-refractivity contribution in [3.63, 3.8) is 0 Å². The minimum Gasteiger partial charge on any atom is -0.481 e. The number of ether oxygens (including phenoxy) is 1. The van der Waals surface area contributed by atoms with E-state index in [1.165, 1.54) is 122 Å². The molecule has 0 radical (unpaired) electrons. The van der Waals surface area contributed by atoms with Gasteiger partial charge in [-0.05, 0) is 70.6 Å². The fourth-order valence-electron chi connectivity index (χ4n) is 6.16. The lowest BCUT2D eigenvalue weighted by Crippen LogP contribution is -2.18. The van der Waals surface area contributed by atoms with E-state index in [1.807, 2.05) is 0 Å². The average molecular weight is 647 g/mol. The first-order chi connectivity index (χ1) is 22.6. The van der Waals surface area contributed by atoms with Gasteiger partial charge in [-0.2, -0.15) is 0 Å². The van der Waals surface area contributed by atoms with E-state index >= 15 is 0 Å². The number of rotatable bonds is 37. The highest BCUT2D eigenvalue weighted by Crippen LogP contribution is 2.18. The van der Waals surface area contributed by atoms with Gasteiger partial charge in [0.1, 0.15) is 6.10 Å². The van der Waals surface area contributed by atoms with Gasteiger partial charge in [-0.25, -0.2) is 0 Å². The van der Waals surface area contributed by atoms with Crippen molar-refractivity contribution in [2.24, 2.45) is 0 Å². The Labute approximate surface area is 287 Å². The van der Waals surface area contributed by atoms with E-state index in [-0.39, 0.29) is 18.5 Å². The first-order valence-corrected chi connectivity index (χ1v) is 20.3. The van der Waals surface area contributed by atoms with Gasteiger partial charge in [0.2, 0.25) is 0 Å². The second kappa shape index (κ2) is 37.9. The quantitative estimate of drug-likeness (QED) is 0.0414. The van der Waals surface area contributed by atoms with Crippen LogP contribution in [0.25, 0.3) is 0 Å². The normalized spacial score (nSPS) is 12.4. The number of carboxylic acids is 1. The minimum absolute atomic E-state index is 0.00789. The van der Waals surface area contributed by atoms with Crippen molar-refractivity contribution in [1.82, 2.24) is 0 Å². The summed E-state index contributed by atoms with van der Waals surface area (Å²) in [6, 6.07) is 0. The van der Waals surface area contributed by atoms with Crippen LogP contribution in [0.5, 0.6) is 0 Å². The van der Waals surface area contributed by atoms with E-state index in [1.54, 1.807) is 0 Å². The molecule has 4 heteroatoms. The summed E-state index contributed by atoms with van der Waals surface area (Å²) >= 11 is 0. The van der Waals surface area contributed by atoms with Crippen molar-refractivity contribution in [3.8, 4) is 0 Å². The Morgan fingerprint density at radius 1 is 0.478 bits per heavy atom. The number of hydrogen-bond acceptors (Lipinski definition) is 3. The van der Waals surface area contributed by atoms with Crippen LogP contribution in [0, 0.1) is 0 Å². The number of unbranched alkanes of at least 4 members (excludes halogenated alkanes) is 24. The van der Waals surface area contributed by atoms with E-state index in [9.17, 15) is 9.59 Å². The maximum atomic E-state index is 12.7. The predicted octanol–water partition coefficient (Wildman–Crippen LogP) is 14.0. The van der Waals surface area contributed by atoms with Crippen LogP contribution in [0.15, 0.2) is 24.3 Å². The van der Waals surface area contributed by atoms with Crippen molar-refractivity contribution in [2.75, 3.05) is 0 Å². The largest absolute Gasteiger partial charge is 0.481 e. The molecule has 270 valence electrons. The number of aliphatic carboxylic acids is 1. The fraction of sp³-hybridized carbons (Fsp3) is 0.857. The molecule has 46 heavy (non-hydrogen) atoms. The third kappa shape index (κ3) is 36.9. The Hall–Kier alpha value is -1.58. The number of esters is 1. The Kier molecular flexibility index (Phi) is 36.6. The van der Waals surface area contributed by atoms with Gasteiger partial charge in [0.05, 0.1) is 0 Å². The molecule has 0 aromatic carbocycles. The van der Waals surface area contributed by atoms with Gasteiger partial charge in [-0.1, -0.05) is 167 Å². The summed E-state index contributed by atoms with van der Waals surface area (Å²) in [5, 5.41) is 8.82. The monoisotopic (exact) mass is 647 g/mol. The molecule has 1 unspecified atom stereocenters. The van der Waals surface area contributed by atoms with Crippen molar-refractivity contribution >= 4 is 11.9 Å². The lowest BCUT2D eigenvalue weighted by molar-refractivity contribution is -0.150. The standard InChI is InChI=1S/C42H78O4/c1-3-5-7-9-11-13-15-17-18-20-21-23-25-28-32-36-40(37-33-29-27-30-34-38-41(43)44)46-42(45)39-35-31-26-24-22-19-16-14-12-10-8-6-4-2/h15,17,20-21,40H,3-14,16,18-19,22-39H2,1-2H3,(H,43,44)/b17-15-,21-20-. The molecule has 4 nitrogen and oxygen atoms in total. The molecule has 0 saturated carbocycles. The molecule has 0 fully saturated rings. The highest BCUT2D eigenvalue weighted by atomic mass is 16.5. The second-order valence-electron chi connectivity index (χ2n) is 13.8. The first kappa shape index (κ1) is 44.4. The van der Waals surface area contributed by atoms with Gasteiger partial charge < -0.3 is 9.84 Å². The smallest absolute Gasteiger partial charge is 0.306 e. The van der Waals surface area contributed by atoms with Gasteiger partial charge in [0, 0.05) is 12.8 Å². The zero-order valence-corrected chi connectivity index (χ0v) is 30.9. The van der Waals surface area contributed by atoms with Crippen LogP contribution >= 0.6 is 0 Å². The Balaban J connectivity index is 4.09. The summed E-state index contributed by atoms with van der Waals surface area (Å²) in [5.74, 6) is -0.710. The molecule has 0 saturated heterocycles. The highest BCUT2D eigenvalue weighted by Gasteiger charge is 2.14. The van der Waals surface area contributed by atoms with Gasteiger partial charge in [-0.15, -0.1) is 0 Å². The van der Waals surface area contributed by atoms with Crippen LogP contribution in [-0.2, 0) is 14.3 Å². The van der Waals surface area contributed by atoms with Crippen LogP contribution in [0.2, 0.25) is 0 Å². The molecule has 1 atom stereocenters. The van der Waals surface area contributed by atoms with Gasteiger partial charge >= 0.3 is 11.9 Å². The molecular formula is C42H78O4. The average Bonchev–Trinajstić information content (AvgIpc) is 3.04. The molecule has 0 bridgehead atoms. The summed E-state index contributed by atoms with van der Waals surface area (Å²) in [4.78, 5) is 23.4. The SMILES string of the molecule is CCCCCCC/C=C\C/C=C\CCCCCC(CCCCCCCC(=O)O)OC(=O)CCCCCCCCCCCCCCC. The molecule has 1 N–H and O–H groups in total. The summed E-state index contributed by atoms with van der Waals surface area (Å²) in [7, 11) is 0. The summed E-state index contributed by atoms with van der Waals surface area (Å²) in [5.41, 5.74) is 0. The van der Waals surface area contributed by atoms with Crippen LogP contribution in [0.1, 0.15) is 226 Å². The molecule has 0 spiro atoms. The van der Waals surface area contributed by atoms with Crippen LogP contribution in [0.3, 0.4) is 0 Å². The fourth-order valence-corrected chi connectivity index (χ4v) is 6.16. The minimum atomic E-state index is -0.703. The topological polar surface area (TPSA) is 63.6 Å². The van der Waals surface area contributed by atoms with Crippen LogP contribution in [-0.4, -0.2) is 23.1 Å². The number of carboxylic acid groups (broad SMARTS) is 1. The molecule has 0 aliphatic heterocycles. The third-order valence-electron chi connectivity index (χ3n) is 9.18. The lowest BCUT2D eigenvalue weighted by Gasteiger charge is -2.18. The molecule has 0 amide bonds. The molecule has 0 aromatic heterocycles. The van der Waals surface area contributed by atoms with E-state index in [0.717, 1.165) is 77.0 Å². The number of carbonyl (C=O) groups excluding carboxylic acids is 1. The number of carbonyl (C=O) groups is 2. The maximum Gasteiger partial charge on any atom is 0.306 e. The second-order valence-corrected chi connectivity index (χ2v) is 13.8. The Bertz CT molecular complexity index is 698. The lowest BCUT2D eigenvalue weighted by atomic mass is 10.0. The molecule has 0 aliphatic carbocycles. The predicted molar refractivity (Wildman–Crippen MR) is 200 cm³/mol. The zero-order valence-electron chi connectivity index (χ0n) is 30.9. The van der Waals surface area contributed by atoms with Gasteiger partial charge in [0.25, 0.3) is 0 Å². The molecule has 0 rings (SSSR count). The van der Waals surface area contributed by atoms with Gasteiger partial charge in [-0.3, -0.25) is 9.59 Å². The van der Waals surface area contributed by atoms with Crippen molar-refractivity contribution < 1.29 is 19.4 Å². The van der Waals surface area contributed by atoms with E-state index in [2.05, 4.69) is 38.2 Å². The van der Waals surface area contributed by atoms with Crippen molar-refractivity contribution in [3.05, 3.63) is 24.3 Å². The summed E-state index contributed by atoms with van der Waals surface area (Å²) < 4.78 is 6.00. The van der Waals surface area contributed by atoms with E-state index in [0.29, 0.717) is 6.42 Å². The highest BCUT2D eigenvalue weighted by molar-refractivity contribution is 5.69. The summed E-state index contributed by atoms with van der Waals surface area (Å²) in [6.07, 6.45) is 47.6. The summed E-state index contributed by atoms with van der Waals surface area (Å²) in [6.45, 7) is 4.54. The van der Waals surface area contributed by atoms with Crippen molar-refractivity contribution in [2.45, 2.75) is 232 Å². The third-order valence-corrected chi connectivity index (χ3v) is 9.18. The van der Waals surface area contributed by atoms with Gasteiger partial charge in [0.15, 0.2) is 0 Å². The number of allylic oxidation sites excluding steroid dienone is 4. The first-order valence-electron chi connectivity index (χ1n) is 20.3. The zero-order chi connectivity index (χ0) is 33.6. The van der Waals surface area contributed by atoms with Crippen molar-refractivity contribution in [1.29, 1.82) is 0 Å². The molecule has 0 aromatic rings. The molecule has 0 aliphatic rings. The van der Waals surface area contributed by atoms with E-state index < -0.39 is 5.97 Å². The Morgan fingerprint density at radius 2 is 0.848 bits per heavy atom. The number of hydrogen-bond donors (Lipinski definition) is 1. The Morgan fingerprint density at radius 3 is 1.30 bits per heavy atom. The van der Waals surface area contributed by atoms with E-state index in [4.69, 9.17) is 9.84 Å². The molecular weight excluding hydrogens is 568 g/mol. The van der Waals surface area contributed by atoms with Crippen LogP contribution in [0.4, 0.5) is 0 Å². The molecule has 0 heterocycles.